The molecule has 0 spiro atoms. The average molecular weight is 233 g/mol. The van der Waals surface area contributed by atoms with Gasteiger partial charge in [0, 0.05) is 11.1 Å². The first-order chi connectivity index (χ1) is 7.89. The molecule has 0 fully saturated rings. The largest absolute Gasteiger partial charge is 0.383 e. The van der Waals surface area contributed by atoms with E-state index in [0.717, 1.165) is 5.56 Å². The van der Waals surface area contributed by atoms with Crippen molar-refractivity contribution in [2.45, 2.75) is 26.3 Å². The van der Waals surface area contributed by atoms with Crippen molar-refractivity contribution in [2.75, 3.05) is 5.73 Å². The Morgan fingerprint density at radius 1 is 1.18 bits per heavy atom. The lowest BCUT2D eigenvalue weighted by Crippen LogP contribution is -2.22. The van der Waals surface area contributed by atoms with Crippen LogP contribution >= 0.6 is 0 Å². The number of hydrogen-bond acceptors (Lipinski definition) is 2. The van der Waals surface area contributed by atoms with Crippen LogP contribution in [-0.2, 0) is 5.54 Å². The van der Waals surface area contributed by atoms with Crippen molar-refractivity contribution >= 4 is 5.82 Å². The van der Waals surface area contributed by atoms with Gasteiger partial charge in [-0.3, -0.25) is 0 Å². The number of imidazole rings is 1. The second kappa shape index (κ2) is 3.87. The highest BCUT2D eigenvalue weighted by Gasteiger charge is 2.19. The number of anilines is 1. The van der Waals surface area contributed by atoms with E-state index in [4.69, 9.17) is 5.73 Å². The van der Waals surface area contributed by atoms with Gasteiger partial charge in [-0.15, -0.1) is 0 Å². The molecule has 0 radical (unpaired) electrons. The first kappa shape index (κ1) is 11.6. The van der Waals surface area contributed by atoms with Gasteiger partial charge in [-0.2, -0.15) is 0 Å². The summed E-state index contributed by atoms with van der Waals surface area (Å²) in [6.07, 6.45) is 1.72. The number of aromatic nitrogens is 2. The minimum atomic E-state index is -0.262. The monoisotopic (exact) mass is 233 g/mol. The Balaban J connectivity index is 2.48. The van der Waals surface area contributed by atoms with E-state index in [1.165, 1.54) is 12.1 Å². The minimum Gasteiger partial charge on any atom is -0.383 e. The zero-order valence-corrected chi connectivity index (χ0v) is 10.2. The molecule has 0 saturated carbocycles. The number of halogens is 1. The molecule has 0 aliphatic carbocycles. The smallest absolute Gasteiger partial charge is 0.132 e. The molecule has 0 unspecified atom stereocenters. The van der Waals surface area contributed by atoms with E-state index in [0.29, 0.717) is 11.5 Å². The van der Waals surface area contributed by atoms with E-state index < -0.39 is 0 Å². The second-order valence-electron chi connectivity index (χ2n) is 5.03. The Bertz CT molecular complexity index is 521. The van der Waals surface area contributed by atoms with Crippen LogP contribution < -0.4 is 5.73 Å². The molecule has 90 valence electrons. The molecule has 2 aromatic rings. The summed E-state index contributed by atoms with van der Waals surface area (Å²) in [7, 11) is 0. The van der Waals surface area contributed by atoms with Gasteiger partial charge < -0.3 is 10.3 Å². The summed E-state index contributed by atoms with van der Waals surface area (Å²) in [6, 6.07) is 6.18. The van der Waals surface area contributed by atoms with Gasteiger partial charge in [-0.05, 0) is 45.0 Å². The molecule has 1 aromatic carbocycles. The molecule has 0 amide bonds. The summed E-state index contributed by atoms with van der Waals surface area (Å²) in [6.45, 7) is 6.17. The molecular weight excluding hydrogens is 217 g/mol. The van der Waals surface area contributed by atoms with Crippen LogP contribution in [0, 0.1) is 5.82 Å². The predicted octanol–water partition coefficient (Wildman–Crippen LogP) is 3.03. The van der Waals surface area contributed by atoms with E-state index in [1.807, 2.05) is 4.57 Å². The van der Waals surface area contributed by atoms with Crippen molar-refractivity contribution in [2.24, 2.45) is 0 Å². The molecular formula is C13H16FN3. The molecule has 1 aromatic heterocycles. The molecule has 0 saturated heterocycles. The van der Waals surface area contributed by atoms with Crippen LogP contribution in [0.3, 0.4) is 0 Å². The summed E-state index contributed by atoms with van der Waals surface area (Å²) in [5, 5.41) is 0. The highest BCUT2D eigenvalue weighted by Crippen LogP contribution is 2.28. The minimum absolute atomic E-state index is 0.116. The number of benzene rings is 1. The maximum Gasteiger partial charge on any atom is 0.132 e. The van der Waals surface area contributed by atoms with Gasteiger partial charge in [0.05, 0.1) is 6.33 Å². The summed E-state index contributed by atoms with van der Waals surface area (Å²) in [5.74, 6) is 0.340. The zero-order chi connectivity index (χ0) is 12.6. The van der Waals surface area contributed by atoms with E-state index in [2.05, 4.69) is 25.8 Å². The third kappa shape index (κ3) is 2.16. The first-order valence-electron chi connectivity index (χ1n) is 5.49. The van der Waals surface area contributed by atoms with Crippen LogP contribution in [0.2, 0.25) is 0 Å². The molecule has 0 aliphatic heterocycles. The first-order valence-corrected chi connectivity index (χ1v) is 5.49. The van der Waals surface area contributed by atoms with Gasteiger partial charge in [0.15, 0.2) is 0 Å². The SMILES string of the molecule is CC(C)(C)n1cnc(-c2ccc(F)cc2)c1N. The topological polar surface area (TPSA) is 43.8 Å². The Hall–Kier alpha value is -1.84. The summed E-state index contributed by atoms with van der Waals surface area (Å²) < 4.78 is 14.7. The van der Waals surface area contributed by atoms with Gasteiger partial charge in [0.2, 0.25) is 0 Å². The number of hydrogen-bond donors (Lipinski definition) is 1. The molecule has 0 aliphatic rings. The van der Waals surface area contributed by atoms with Gasteiger partial charge in [0.1, 0.15) is 17.3 Å². The highest BCUT2D eigenvalue weighted by molar-refractivity contribution is 5.70. The summed E-state index contributed by atoms with van der Waals surface area (Å²) >= 11 is 0. The molecule has 2 N–H and O–H groups in total. The standard InChI is InChI=1S/C13H16FN3/c1-13(2,3)17-8-16-11(12(17)15)9-4-6-10(14)7-5-9/h4-8H,15H2,1-3H3. The van der Waals surface area contributed by atoms with Crippen molar-refractivity contribution in [1.29, 1.82) is 0 Å². The van der Waals surface area contributed by atoms with Crippen LogP contribution in [0.1, 0.15) is 20.8 Å². The molecule has 2 rings (SSSR count). The van der Waals surface area contributed by atoms with E-state index in [1.54, 1.807) is 18.5 Å². The maximum atomic E-state index is 12.8. The average Bonchev–Trinajstić information content (AvgIpc) is 2.61. The molecule has 3 nitrogen and oxygen atoms in total. The van der Waals surface area contributed by atoms with Crippen molar-refractivity contribution < 1.29 is 4.39 Å². The van der Waals surface area contributed by atoms with Crippen LogP contribution in [0.4, 0.5) is 10.2 Å². The molecule has 4 heteroatoms. The van der Waals surface area contributed by atoms with Gasteiger partial charge in [-0.25, -0.2) is 9.37 Å². The van der Waals surface area contributed by atoms with Crippen LogP contribution in [-0.4, -0.2) is 9.55 Å². The molecule has 0 bridgehead atoms. The van der Waals surface area contributed by atoms with Gasteiger partial charge >= 0.3 is 0 Å². The Kier molecular flexibility index (Phi) is 2.65. The maximum absolute atomic E-state index is 12.8. The van der Waals surface area contributed by atoms with Crippen LogP contribution in [0.15, 0.2) is 30.6 Å². The predicted molar refractivity (Wildman–Crippen MR) is 67.0 cm³/mol. The van der Waals surface area contributed by atoms with E-state index in [9.17, 15) is 4.39 Å². The fourth-order valence-electron chi connectivity index (χ4n) is 1.72. The third-order valence-electron chi connectivity index (χ3n) is 2.64. The lowest BCUT2D eigenvalue weighted by molar-refractivity contribution is 0.402. The van der Waals surface area contributed by atoms with Crippen molar-refractivity contribution in [3.8, 4) is 11.3 Å². The Morgan fingerprint density at radius 3 is 2.24 bits per heavy atom. The summed E-state index contributed by atoms with van der Waals surface area (Å²) in [5.41, 5.74) is 7.47. The zero-order valence-electron chi connectivity index (χ0n) is 10.2. The normalized spacial score (nSPS) is 11.8. The Labute approximate surface area is 100 Å². The van der Waals surface area contributed by atoms with Gasteiger partial charge in [0.25, 0.3) is 0 Å². The van der Waals surface area contributed by atoms with Gasteiger partial charge in [-0.1, -0.05) is 0 Å². The fraction of sp³-hybridized carbons (Fsp3) is 0.308. The molecule has 17 heavy (non-hydrogen) atoms. The fourth-order valence-corrected chi connectivity index (χ4v) is 1.72. The van der Waals surface area contributed by atoms with Crippen LogP contribution in [0.5, 0.6) is 0 Å². The van der Waals surface area contributed by atoms with Crippen molar-refractivity contribution in [1.82, 2.24) is 9.55 Å². The third-order valence-corrected chi connectivity index (χ3v) is 2.64. The Morgan fingerprint density at radius 2 is 1.76 bits per heavy atom. The highest BCUT2D eigenvalue weighted by atomic mass is 19.1. The van der Waals surface area contributed by atoms with Crippen LogP contribution in [0.25, 0.3) is 11.3 Å². The lowest BCUT2D eigenvalue weighted by atomic mass is 10.1. The quantitative estimate of drug-likeness (QED) is 0.822. The summed E-state index contributed by atoms with van der Waals surface area (Å²) in [4.78, 5) is 4.30. The lowest BCUT2D eigenvalue weighted by Gasteiger charge is -2.22. The second-order valence-corrected chi connectivity index (χ2v) is 5.03. The number of rotatable bonds is 1. The van der Waals surface area contributed by atoms with E-state index in [-0.39, 0.29) is 11.4 Å². The number of nitrogen functional groups attached to an aromatic ring is 1. The van der Waals surface area contributed by atoms with Crippen molar-refractivity contribution in [3.05, 3.63) is 36.4 Å². The molecule has 1 heterocycles. The number of nitrogens with two attached hydrogens (primary N) is 1. The number of nitrogens with zero attached hydrogens (tertiary/aromatic N) is 2. The van der Waals surface area contributed by atoms with E-state index >= 15 is 0 Å². The van der Waals surface area contributed by atoms with Crippen molar-refractivity contribution in [3.63, 3.8) is 0 Å². The molecule has 0 atom stereocenters.